The summed E-state index contributed by atoms with van der Waals surface area (Å²) in [6.07, 6.45) is 0.679. The van der Waals surface area contributed by atoms with Gasteiger partial charge in [-0.05, 0) is 47.3 Å². The zero-order valence-electron chi connectivity index (χ0n) is 11.3. The van der Waals surface area contributed by atoms with Gasteiger partial charge >= 0.3 is 0 Å². The number of hydrogen-bond acceptors (Lipinski definition) is 4. The zero-order valence-corrected chi connectivity index (χ0v) is 12.8. The van der Waals surface area contributed by atoms with Crippen LogP contribution < -0.4 is 10.5 Å². The Labute approximate surface area is 124 Å². The molecule has 2 N–H and O–H groups in total. The summed E-state index contributed by atoms with van der Waals surface area (Å²) in [5.41, 5.74) is 5.43. The number of pyridine rings is 1. The van der Waals surface area contributed by atoms with Gasteiger partial charge in [0.05, 0.1) is 12.0 Å². The van der Waals surface area contributed by atoms with Crippen LogP contribution in [0.5, 0.6) is 5.88 Å². The monoisotopic (exact) mass is 338 g/mol. The number of hydrogen-bond donors (Lipinski definition) is 1. The normalized spacial score (nSPS) is 24.9. The van der Waals surface area contributed by atoms with Crippen LogP contribution in [0.15, 0.2) is 16.7 Å². The van der Waals surface area contributed by atoms with Crippen molar-refractivity contribution in [1.29, 1.82) is 0 Å². The Morgan fingerprint density at radius 3 is 2.90 bits per heavy atom. The standard InChI is InChI=1S/C13H15BrN4O2/c1-3-20-11-8-4-5-9(14)16-10(8)18(17-11)13(12(15)19)6-7(13)2/h4-5,7H,3,6H2,1-2H3,(H2,15,19)/t7-,13-/m0/s1. The molecule has 3 rings (SSSR count). The number of amides is 1. The number of aromatic nitrogens is 3. The topological polar surface area (TPSA) is 83.0 Å². The van der Waals surface area contributed by atoms with Gasteiger partial charge in [0, 0.05) is 0 Å². The Bertz CT molecular complexity index is 699. The van der Waals surface area contributed by atoms with E-state index in [1.807, 2.05) is 26.0 Å². The lowest BCUT2D eigenvalue weighted by molar-refractivity contribution is -0.123. The van der Waals surface area contributed by atoms with E-state index >= 15 is 0 Å². The quantitative estimate of drug-likeness (QED) is 0.862. The van der Waals surface area contributed by atoms with Crippen LogP contribution in [0.2, 0.25) is 0 Å². The summed E-state index contributed by atoms with van der Waals surface area (Å²) in [7, 11) is 0. The lowest BCUT2D eigenvalue weighted by atomic mass is 10.2. The van der Waals surface area contributed by atoms with Gasteiger partial charge in [-0.1, -0.05) is 6.92 Å². The highest BCUT2D eigenvalue weighted by molar-refractivity contribution is 9.10. The number of fused-ring (bicyclic) bond motifs is 1. The Kier molecular flexibility index (Phi) is 2.97. The maximum Gasteiger partial charge on any atom is 0.245 e. The van der Waals surface area contributed by atoms with E-state index < -0.39 is 5.54 Å². The van der Waals surface area contributed by atoms with Crippen LogP contribution in [0.1, 0.15) is 20.3 Å². The van der Waals surface area contributed by atoms with E-state index in [2.05, 4.69) is 26.0 Å². The number of halogens is 1. The van der Waals surface area contributed by atoms with Crippen molar-refractivity contribution in [3.8, 4) is 5.88 Å². The zero-order chi connectivity index (χ0) is 14.5. The molecule has 0 saturated heterocycles. The van der Waals surface area contributed by atoms with Gasteiger partial charge in [-0.3, -0.25) is 4.79 Å². The molecule has 1 saturated carbocycles. The number of carbonyl (C=O) groups excluding carboxylic acids is 1. The van der Waals surface area contributed by atoms with Gasteiger partial charge in [-0.15, -0.1) is 5.10 Å². The summed E-state index contributed by atoms with van der Waals surface area (Å²) in [6.45, 7) is 4.37. The van der Waals surface area contributed by atoms with Crippen LogP contribution in [0.25, 0.3) is 11.0 Å². The molecular formula is C13H15BrN4O2. The molecule has 0 bridgehead atoms. The van der Waals surface area contributed by atoms with E-state index in [4.69, 9.17) is 10.5 Å². The van der Waals surface area contributed by atoms with Crippen LogP contribution in [0.4, 0.5) is 0 Å². The van der Waals surface area contributed by atoms with E-state index in [1.165, 1.54) is 0 Å². The molecule has 0 aliphatic heterocycles. The Balaban J connectivity index is 2.25. The Morgan fingerprint density at radius 1 is 1.65 bits per heavy atom. The van der Waals surface area contributed by atoms with Crippen LogP contribution in [-0.4, -0.2) is 27.3 Å². The minimum atomic E-state index is -0.776. The van der Waals surface area contributed by atoms with Crippen molar-refractivity contribution < 1.29 is 9.53 Å². The number of primary amides is 1. The fraction of sp³-hybridized carbons (Fsp3) is 0.462. The molecule has 106 valence electrons. The first-order valence-electron chi connectivity index (χ1n) is 6.49. The van der Waals surface area contributed by atoms with E-state index in [0.717, 1.165) is 5.39 Å². The van der Waals surface area contributed by atoms with Gasteiger partial charge in [-0.2, -0.15) is 0 Å². The van der Waals surface area contributed by atoms with Crippen molar-refractivity contribution in [1.82, 2.24) is 14.8 Å². The van der Waals surface area contributed by atoms with E-state index in [1.54, 1.807) is 4.68 Å². The molecule has 2 atom stereocenters. The fourth-order valence-corrected chi connectivity index (χ4v) is 2.92. The second kappa shape index (κ2) is 4.44. The molecule has 2 aromatic rings. The molecule has 2 heterocycles. The molecular weight excluding hydrogens is 324 g/mol. The smallest absolute Gasteiger partial charge is 0.245 e. The molecule has 6 nitrogen and oxygen atoms in total. The molecule has 1 fully saturated rings. The first-order valence-corrected chi connectivity index (χ1v) is 7.28. The third kappa shape index (κ3) is 1.72. The highest BCUT2D eigenvalue weighted by Crippen LogP contribution is 2.51. The second-order valence-electron chi connectivity index (χ2n) is 5.05. The minimum Gasteiger partial charge on any atom is -0.476 e. The van der Waals surface area contributed by atoms with Gasteiger partial charge in [-0.25, -0.2) is 9.67 Å². The predicted molar refractivity (Wildman–Crippen MR) is 77.3 cm³/mol. The molecule has 2 aromatic heterocycles. The third-order valence-electron chi connectivity index (χ3n) is 3.82. The second-order valence-corrected chi connectivity index (χ2v) is 5.86. The van der Waals surface area contributed by atoms with E-state index in [0.29, 0.717) is 29.2 Å². The van der Waals surface area contributed by atoms with Gasteiger partial charge < -0.3 is 10.5 Å². The van der Waals surface area contributed by atoms with Crippen molar-refractivity contribution in [2.24, 2.45) is 11.7 Å². The first-order chi connectivity index (χ1) is 9.50. The van der Waals surface area contributed by atoms with Gasteiger partial charge in [0.1, 0.15) is 10.1 Å². The summed E-state index contributed by atoms with van der Waals surface area (Å²) in [5, 5.41) is 5.22. The molecule has 0 unspecified atom stereocenters. The number of carbonyl (C=O) groups is 1. The lowest BCUT2D eigenvalue weighted by Gasteiger charge is -2.13. The van der Waals surface area contributed by atoms with Crippen LogP contribution in [-0.2, 0) is 10.3 Å². The van der Waals surface area contributed by atoms with Crippen molar-refractivity contribution in [3.63, 3.8) is 0 Å². The Hall–Kier alpha value is -1.63. The predicted octanol–water partition coefficient (Wildman–Crippen LogP) is 1.81. The molecule has 7 heteroatoms. The van der Waals surface area contributed by atoms with E-state index in [9.17, 15) is 4.79 Å². The molecule has 20 heavy (non-hydrogen) atoms. The summed E-state index contributed by atoms with van der Waals surface area (Å²) < 4.78 is 7.85. The lowest BCUT2D eigenvalue weighted by Crippen LogP contribution is -2.36. The summed E-state index contributed by atoms with van der Waals surface area (Å²) in [6, 6.07) is 3.70. The van der Waals surface area contributed by atoms with Crippen molar-refractivity contribution >= 4 is 32.9 Å². The molecule has 1 amide bonds. The summed E-state index contributed by atoms with van der Waals surface area (Å²) >= 11 is 3.34. The largest absolute Gasteiger partial charge is 0.476 e. The van der Waals surface area contributed by atoms with Crippen LogP contribution >= 0.6 is 15.9 Å². The highest BCUT2D eigenvalue weighted by Gasteiger charge is 2.60. The fourth-order valence-electron chi connectivity index (χ4n) is 2.62. The SMILES string of the molecule is CCOc1nn([C@@]2(C(N)=O)C[C@@H]2C)c2nc(Br)ccc12. The molecule has 1 aliphatic carbocycles. The van der Waals surface area contributed by atoms with Gasteiger partial charge in [0.2, 0.25) is 11.8 Å². The number of nitrogens with two attached hydrogens (primary N) is 1. The molecule has 0 spiro atoms. The average Bonchev–Trinajstić information content (AvgIpc) is 2.95. The van der Waals surface area contributed by atoms with Crippen LogP contribution in [0.3, 0.4) is 0 Å². The van der Waals surface area contributed by atoms with Gasteiger partial charge in [0.25, 0.3) is 0 Å². The number of ether oxygens (including phenoxy) is 1. The number of rotatable bonds is 4. The summed E-state index contributed by atoms with van der Waals surface area (Å²) in [5.74, 6) is 0.264. The Morgan fingerprint density at radius 2 is 2.35 bits per heavy atom. The minimum absolute atomic E-state index is 0.151. The highest BCUT2D eigenvalue weighted by atomic mass is 79.9. The maximum absolute atomic E-state index is 11.9. The maximum atomic E-state index is 11.9. The number of nitrogens with zero attached hydrogens (tertiary/aromatic N) is 3. The summed E-state index contributed by atoms with van der Waals surface area (Å²) in [4.78, 5) is 16.3. The van der Waals surface area contributed by atoms with Crippen molar-refractivity contribution in [2.75, 3.05) is 6.61 Å². The molecule has 0 aromatic carbocycles. The third-order valence-corrected chi connectivity index (χ3v) is 4.26. The van der Waals surface area contributed by atoms with Crippen molar-refractivity contribution in [2.45, 2.75) is 25.8 Å². The molecule has 0 radical (unpaired) electrons. The van der Waals surface area contributed by atoms with Crippen molar-refractivity contribution in [3.05, 3.63) is 16.7 Å². The van der Waals surface area contributed by atoms with E-state index in [-0.39, 0.29) is 11.8 Å². The molecule has 1 aliphatic rings. The average molecular weight is 339 g/mol. The first kappa shape index (κ1) is 13.4. The van der Waals surface area contributed by atoms with Crippen LogP contribution in [0, 0.1) is 5.92 Å². The van der Waals surface area contributed by atoms with Gasteiger partial charge in [0.15, 0.2) is 5.65 Å².